The Morgan fingerprint density at radius 1 is 0.837 bits per heavy atom. The lowest BCUT2D eigenvalue weighted by Gasteiger charge is -2.12. The summed E-state index contributed by atoms with van der Waals surface area (Å²) in [5.74, 6) is 0.687. The molecule has 3 aromatic heterocycles. The van der Waals surface area contributed by atoms with Gasteiger partial charge >= 0.3 is 0 Å². The number of nitrogen functional groups attached to an aromatic ring is 1. The molecule has 10 nitrogen and oxygen atoms in total. The van der Waals surface area contributed by atoms with Crippen LogP contribution in [0.15, 0.2) is 70.3 Å². The number of benzene rings is 2. The largest absolute Gasteiger partial charge is 0.494 e. The fourth-order valence-electron chi connectivity index (χ4n) is 4.29. The topological polar surface area (TPSA) is 148 Å². The molecular formula is C33H39N7O3. The summed E-state index contributed by atoms with van der Waals surface area (Å²) < 4.78 is 4.58. The van der Waals surface area contributed by atoms with Gasteiger partial charge in [-0.25, -0.2) is 9.36 Å². The minimum atomic E-state index is -0.403. The van der Waals surface area contributed by atoms with E-state index in [0.29, 0.717) is 23.5 Å². The quantitative estimate of drug-likeness (QED) is 0.262. The Labute approximate surface area is 251 Å². The van der Waals surface area contributed by atoms with Crippen LogP contribution in [-0.4, -0.2) is 29.2 Å². The molecule has 2 aromatic carbocycles. The molecule has 0 bridgehead atoms. The predicted molar refractivity (Wildman–Crippen MR) is 170 cm³/mol. The van der Waals surface area contributed by atoms with Crippen LogP contribution in [0.25, 0.3) is 11.4 Å². The van der Waals surface area contributed by atoms with E-state index in [-0.39, 0.29) is 17.0 Å². The summed E-state index contributed by atoms with van der Waals surface area (Å²) in [4.78, 5) is 23.5. The second-order valence-corrected chi connectivity index (χ2v) is 10.2. The van der Waals surface area contributed by atoms with Gasteiger partial charge < -0.3 is 10.8 Å². The van der Waals surface area contributed by atoms with Crippen LogP contribution < -0.4 is 16.9 Å². The Morgan fingerprint density at radius 3 is 1.84 bits per heavy atom. The molecule has 0 fully saturated rings. The van der Waals surface area contributed by atoms with Gasteiger partial charge in [-0.3, -0.25) is 19.3 Å². The molecule has 0 spiro atoms. The Morgan fingerprint density at radius 2 is 1.40 bits per heavy atom. The number of nitrogens with two attached hydrogens (primary N) is 1. The monoisotopic (exact) mass is 581 g/mol. The van der Waals surface area contributed by atoms with Gasteiger partial charge in [0, 0.05) is 28.9 Å². The van der Waals surface area contributed by atoms with Crippen LogP contribution in [-0.2, 0) is 6.54 Å². The Kier molecular flexibility index (Phi) is 10.5. The number of nitrogens with zero attached hydrogens (tertiary/aromatic N) is 5. The van der Waals surface area contributed by atoms with Crippen molar-refractivity contribution in [3.8, 4) is 23.3 Å². The number of rotatable bonds is 4. The van der Waals surface area contributed by atoms with Crippen LogP contribution in [0, 0.1) is 52.9 Å². The number of nitriles is 1. The maximum absolute atomic E-state index is 11.8. The molecule has 224 valence electrons. The van der Waals surface area contributed by atoms with Crippen LogP contribution in [0.2, 0.25) is 0 Å². The fourth-order valence-corrected chi connectivity index (χ4v) is 4.29. The van der Waals surface area contributed by atoms with Crippen molar-refractivity contribution in [3.05, 3.63) is 121 Å². The molecule has 4 N–H and O–H groups in total. The minimum Gasteiger partial charge on any atom is -0.494 e. The summed E-state index contributed by atoms with van der Waals surface area (Å²) in [6, 6.07) is 21.3. The smallest absolute Gasteiger partial charge is 0.274 e. The van der Waals surface area contributed by atoms with Gasteiger partial charge in [0.2, 0.25) is 0 Å². The van der Waals surface area contributed by atoms with Gasteiger partial charge in [-0.1, -0.05) is 43.3 Å². The van der Waals surface area contributed by atoms with E-state index in [0.717, 1.165) is 40.3 Å². The minimum absolute atomic E-state index is 0.0219. The first-order chi connectivity index (χ1) is 20.4. The number of aromatic hydroxyl groups is 1. The number of nitrogens with one attached hydrogen (secondary N) is 1. The molecule has 0 amide bonds. The zero-order chi connectivity index (χ0) is 31.8. The first kappa shape index (κ1) is 32.2. The maximum atomic E-state index is 11.8. The second kappa shape index (κ2) is 14.0. The van der Waals surface area contributed by atoms with Crippen LogP contribution in [0.5, 0.6) is 5.88 Å². The van der Waals surface area contributed by atoms with Gasteiger partial charge in [-0.2, -0.15) is 10.4 Å². The van der Waals surface area contributed by atoms with Crippen LogP contribution in [0.4, 0.5) is 5.82 Å². The summed E-state index contributed by atoms with van der Waals surface area (Å²) >= 11 is 0. The highest BCUT2D eigenvalue weighted by Crippen LogP contribution is 2.20. The van der Waals surface area contributed by atoms with E-state index in [1.807, 2.05) is 101 Å². The van der Waals surface area contributed by atoms with Gasteiger partial charge in [0.1, 0.15) is 17.5 Å². The standard InChI is InChI=1S/C11H13N3.C11H14N2O2.C11H12N2O/c1-8-9(2)13-14(11(8)12)10-6-4-3-5-7-10;1-4-5-13-10(14)8(3)7(2)9(6-12)11(13)15;1-8-9(2)12-13(11(8)14)10-6-4-3-5-7-10/h3-7H,12H2,1-2H3;14H,4-5H2,1-3H3;3-7,12H,1-2H3. The summed E-state index contributed by atoms with van der Waals surface area (Å²) in [7, 11) is 0. The van der Waals surface area contributed by atoms with E-state index in [1.54, 1.807) is 23.2 Å². The zero-order valence-corrected chi connectivity index (χ0v) is 25.8. The van der Waals surface area contributed by atoms with Crippen molar-refractivity contribution in [2.75, 3.05) is 5.73 Å². The number of hydrogen-bond donors (Lipinski definition) is 3. The molecule has 0 radical (unpaired) electrons. The number of aryl methyl sites for hydroxylation is 2. The molecule has 3 heterocycles. The van der Waals surface area contributed by atoms with Gasteiger partial charge in [0.15, 0.2) is 5.88 Å². The highest BCUT2D eigenvalue weighted by atomic mass is 16.3. The van der Waals surface area contributed by atoms with Crippen LogP contribution >= 0.6 is 0 Å². The molecular weight excluding hydrogens is 542 g/mol. The first-order valence-electron chi connectivity index (χ1n) is 14.0. The molecule has 0 unspecified atom stereocenters. The lowest BCUT2D eigenvalue weighted by atomic mass is 10.1. The van der Waals surface area contributed by atoms with E-state index < -0.39 is 5.56 Å². The van der Waals surface area contributed by atoms with Gasteiger partial charge in [-0.05, 0) is 77.8 Å². The summed E-state index contributed by atoms with van der Waals surface area (Å²) in [6.45, 7) is 13.4. The fraction of sp³-hybridized carbons (Fsp3) is 0.273. The highest BCUT2D eigenvalue weighted by molar-refractivity contribution is 5.49. The Hall–Kier alpha value is -5.30. The van der Waals surface area contributed by atoms with Crippen LogP contribution in [0.3, 0.4) is 0 Å². The third kappa shape index (κ3) is 6.96. The zero-order valence-electron chi connectivity index (χ0n) is 25.8. The molecule has 10 heteroatoms. The van der Waals surface area contributed by atoms with E-state index in [4.69, 9.17) is 11.0 Å². The number of pyridine rings is 1. The lowest BCUT2D eigenvalue weighted by molar-refractivity contribution is 0.399. The SMILES string of the molecule is CCCn1c(O)c(C)c(C)c(C#N)c1=O.Cc1[nH]n(-c2ccccc2)c(=O)c1C.Cc1nn(-c2ccccc2)c(N)c1C. The van der Waals surface area contributed by atoms with Crippen molar-refractivity contribution in [1.82, 2.24) is 24.1 Å². The molecule has 5 rings (SSSR count). The van der Waals surface area contributed by atoms with E-state index in [9.17, 15) is 14.7 Å². The molecule has 0 saturated carbocycles. The number of hydrogen-bond acceptors (Lipinski definition) is 6. The van der Waals surface area contributed by atoms with Crippen molar-refractivity contribution >= 4 is 5.82 Å². The van der Waals surface area contributed by atoms with Crippen molar-refractivity contribution in [2.24, 2.45) is 0 Å². The molecule has 43 heavy (non-hydrogen) atoms. The van der Waals surface area contributed by atoms with Crippen molar-refractivity contribution in [3.63, 3.8) is 0 Å². The summed E-state index contributed by atoms with van der Waals surface area (Å²) in [6.07, 6.45) is 0.737. The molecule has 0 atom stereocenters. The van der Waals surface area contributed by atoms with Gasteiger partial charge in [0.05, 0.1) is 17.1 Å². The first-order valence-corrected chi connectivity index (χ1v) is 14.0. The van der Waals surface area contributed by atoms with Gasteiger partial charge in [-0.15, -0.1) is 0 Å². The average Bonchev–Trinajstić information content (AvgIpc) is 3.44. The van der Waals surface area contributed by atoms with Crippen molar-refractivity contribution < 1.29 is 5.11 Å². The number of para-hydroxylation sites is 2. The number of aromatic amines is 1. The lowest BCUT2D eigenvalue weighted by Crippen LogP contribution is -2.24. The summed E-state index contributed by atoms with van der Waals surface area (Å²) in [5, 5.41) is 26.0. The average molecular weight is 582 g/mol. The Bertz CT molecular complexity index is 1860. The predicted octanol–water partition coefficient (Wildman–Crippen LogP) is 5.31. The Balaban J connectivity index is 0.000000177. The van der Waals surface area contributed by atoms with Crippen LogP contribution in [0.1, 0.15) is 52.5 Å². The van der Waals surface area contributed by atoms with E-state index in [1.165, 1.54) is 4.57 Å². The molecule has 0 aliphatic carbocycles. The third-order valence-corrected chi connectivity index (χ3v) is 7.33. The normalized spacial score (nSPS) is 10.3. The van der Waals surface area contributed by atoms with E-state index >= 15 is 0 Å². The number of aromatic nitrogens is 5. The third-order valence-electron chi connectivity index (χ3n) is 7.33. The molecule has 0 saturated heterocycles. The van der Waals surface area contributed by atoms with Gasteiger partial charge in [0.25, 0.3) is 11.1 Å². The molecule has 0 aliphatic rings. The van der Waals surface area contributed by atoms with Crippen molar-refractivity contribution in [1.29, 1.82) is 5.26 Å². The summed E-state index contributed by atoms with van der Waals surface area (Å²) in [5.41, 5.74) is 12.4. The molecule has 5 aromatic rings. The molecule has 0 aliphatic heterocycles. The second-order valence-electron chi connectivity index (χ2n) is 10.2. The van der Waals surface area contributed by atoms with E-state index in [2.05, 4.69) is 10.2 Å². The highest BCUT2D eigenvalue weighted by Gasteiger charge is 2.15. The van der Waals surface area contributed by atoms with Crippen molar-refractivity contribution in [2.45, 2.75) is 61.4 Å². The number of H-pyrrole nitrogens is 1. The number of anilines is 1. The maximum Gasteiger partial charge on any atom is 0.274 e.